The van der Waals surface area contributed by atoms with E-state index in [9.17, 15) is 9.90 Å². The van der Waals surface area contributed by atoms with Crippen molar-refractivity contribution in [3.05, 3.63) is 89.7 Å². The molecular formula is C28H31N3O2. The zero-order valence-electron chi connectivity index (χ0n) is 19.1. The van der Waals surface area contributed by atoms with Crippen molar-refractivity contribution in [1.29, 1.82) is 0 Å². The van der Waals surface area contributed by atoms with Gasteiger partial charge in [0.15, 0.2) is 0 Å². The molecule has 33 heavy (non-hydrogen) atoms. The number of carbonyl (C=O) groups excluding carboxylic acids is 1. The Balaban J connectivity index is 1.39. The molecule has 1 N–H and O–H groups in total. The molecule has 2 aromatic carbocycles. The second kappa shape index (κ2) is 9.46. The molecular weight excluding hydrogens is 410 g/mol. The first-order chi connectivity index (χ1) is 16.2. The Morgan fingerprint density at radius 3 is 2.48 bits per heavy atom. The van der Waals surface area contributed by atoms with Gasteiger partial charge in [0.2, 0.25) is 0 Å². The topological polar surface area (TPSA) is 56.7 Å². The standard InChI is InChI=1S/C28H31N3O2/c1-20-5-4-6-24(17-20)21-7-9-22(10-8-21)27-25-18-30(28(33)23-11-13-29-14-12-23)15-2-3-16-31(25)26(27)19-32/h4-14,17,25-27,32H,2-3,15-16,18-19H2,1H3/t25-,26-,27+/m1/s1. The number of fused-ring (bicyclic) bond motifs is 1. The highest BCUT2D eigenvalue weighted by atomic mass is 16.3. The van der Waals surface area contributed by atoms with Gasteiger partial charge in [-0.1, -0.05) is 54.1 Å². The molecule has 0 unspecified atom stereocenters. The number of carbonyl (C=O) groups is 1. The molecule has 3 aromatic rings. The van der Waals surface area contributed by atoms with E-state index in [1.807, 2.05) is 4.90 Å². The maximum atomic E-state index is 13.2. The lowest BCUT2D eigenvalue weighted by atomic mass is 9.74. The predicted molar refractivity (Wildman–Crippen MR) is 130 cm³/mol. The number of benzene rings is 2. The van der Waals surface area contributed by atoms with Gasteiger partial charge in [-0.3, -0.25) is 14.7 Å². The van der Waals surface area contributed by atoms with Crippen molar-refractivity contribution in [2.24, 2.45) is 0 Å². The van der Waals surface area contributed by atoms with Crippen LogP contribution in [-0.4, -0.2) is 64.1 Å². The molecule has 2 aliphatic heterocycles. The summed E-state index contributed by atoms with van der Waals surface area (Å²) in [6.07, 6.45) is 5.36. The van der Waals surface area contributed by atoms with Gasteiger partial charge in [-0.15, -0.1) is 0 Å². The summed E-state index contributed by atoms with van der Waals surface area (Å²) in [5.41, 5.74) is 5.60. The van der Waals surface area contributed by atoms with Crippen LogP contribution in [0.2, 0.25) is 0 Å². The first kappa shape index (κ1) is 21.8. The molecule has 2 aliphatic rings. The molecule has 0 bridgehead atoms. The van der Waals surface area contributed by atoms with Crippen LogP contribution in [0.15, 0.2) is 73.1 Å². The van der Waals surface area contributed by atoms with Crippen molar-refractivity contribution in [1.82, 2.24) is 14.8 Å². The summed E-state index contributed by atoms with van der Waals surface area (Å²) in [5.74, 6) is 0.285. The Morgan fingerprint density at radius 2 is 1.76 bits per heavy atom. The summed E-state index contributed by atoms with van der Waals surface area (Å²) in [5, 5.41) is 10.2. The number of nitrogens with zero attached hydrogens (tertiary/aromatic N) is 3. The largest absolute Gasteiger partial charge is 0.395 e. The van der Waals surface area contributed by atoms with E-state index in [1.165, 1.54) is 22.3 Å². The minimum atomic E-state index is 0.0697. The SMILES string of the molecule is Cc1cccc(-c2ccc([C@@H]3[C@@H](CO)N4CCCCN(C(=O)c5ccncc5)C[C@H]34)cc2)c1. The van der Waals surface area contributed by atoms with Crippen LogP contribution in [0.5, 0.6) is 0 Å². The molecule has 1 amide bonds. The maximum absolute atomic E-state index is 13.2. The normalized spacial score (nSPS) is 23.2. The lowest BCUT2D eigenvalue weighted by Crippen LogP contribution is -2.67. The van der Waals surface area contributed by atoms with Crippen LogP contribution in [0.1, 0.15) is 40.2 Å². The summed E-state index contributed by atoms with van der Waals surface area (Å²) in [7, 11) is 0. The Morgan fingerprint density at radius 1 is 1.00 bits per heavy atom. The molecule has 170 valence electrons. The van der Waals surface area contributed by atoms with Gasteiger partial charge >= 0.3 is 0 Å². The van der Waals surface area contributed by atoms with Crippen LogP contribution in [0.3, 0.4) is 0 Å². The molecule has 1 aromatic heterocycles. The number of aliphatic hydroxyl groups excluding tert-OH is 1. The van der Waals surface area contributed by atoms with Crippen LogP contribution in [0.25, 0.3) is 11.1 Å². The highest BCUT2D eigenvalue weighted by molar-refractivity contribution is 5.94. The summed E-state index contributed by atoms with van der Waals surface area (Å²) in [4.78, 5) is 21.6. The molecule has 5 heteroatoms. The van der Waals surface area contributed by atoms with E-state index in [-0.39, 0.29) is 30.5 Å². The number of hydrogen-bond acceptors (Lipinski definition) is 4. The Hall–Kier alpha value is -3.02. The Bertz CT molecular complexity index is 1100. The lowest BCUT2D eigenvalue weighted by molar-refractivity contribution is -0.0606. The third-order valence-corrected chi connectivity index (χ3v) is 7.23. The van der Waals surface area contributed by atoms with Crippen molar-refractivity contribution < 1.29 is 9.90 Å². The minimum Gasteiger partial charge on any atom is -0.395 e. The number of hydrogen-bond donors (Lipinski definition) is 1. The van der Waals surface area contributed by atoms with E-state index in [0.717, 1.165) is 25.9 Å². The van der Waals surface area contributed by atoms with E-state index >= 15 is 0 Å². The first-order valence-electron chi connectivity index (χ1n) is 11.9. The van der Waals surface area contributed by atoms with Crippen molar-refractivity contribution in [2.75, 3.05) is 26.2 Å². The monoisotopic (exact) mass is 441 g/mol. The molecule has 0 saturated carbocycles. The minimum absolute atomic E-state index is 0.0697. The smallest absolute Gasteiger partial charge is 0.254 e. The number of amides is 1. The molecule has 2 saturated heterocycles. The third kappa shape index (κ3) is 4.31. The molecule has 5 rings (SSSR count). The van der Waals surface area contributed by atoms with E-state index in [2.05, 4.69) is 65.3 Å². The van der Waals surface area contributed by atoms with Crippen molar-refractivity contribution in [2.45, 2.75) is 37.8 Å². The van der Waals surface area contributed by atoms with Crippen molar-refractivity contribution in [3.8, 4) is 11.1 Å². The molecule has 2 fully saturated rings. The number of aromatic nitrogens is 1. The van der Waals surface area contributed by atoms with Crippen LogP contribution in [-0.2, 0) is 0 Å². The van der Waals surface area contributed by atoms with Gasteiger partial charge in [-0.25, -0.2) is 0 Å². The van der Waals surface area contributed by atoms with Gasteiger partial charge in [0, 0.05) is 49.0 Å². The van der Waals surface area contributed by atoms with Gasteiger partial charge in [0.25, 0.3) is 5.91 Å². The fraction of sp³-hybridized carbons (Fsp3) is 0.357. The van der Waals surface area contributed by atoms with E-state index < -0.39 is 0 Å². The third-order valence-electron chi connectivity index (χ3n) is 7.23. The number of aliphatic hydroxyl groups is 1. The lowest BCUT2D eigenvalue weighted by Gasteiger charge is -2.57. The van der Waals surface area contributed by atoms with Crippen LogP contribution in [0, 0.1) is 6.92 Å². The maximum Gasteiger partial charge on any atom is 0.254 e. The number of aryl methyl sites for hydroxylation is 1. The predicted octanol–water partition coefficient (Wildman–Crippen LogP) is 4.12. The Kier molecular flexibility index (Phi) is 6.25. The zero-order chi connectivity index (χ0) is 22.8. The highest BCUT2D eigenvalue weighted by Crippen LogP contribution is 2.42. The summed E-state index contributed by atoms with van der Waals surface area (Å²) in [6.45, 7) is 4.68. The second-order valence-electron chi connectivity index (χ2n) is 9.27. The van der Waals surface area contributed by atoms with E-state index in [1.54, 1.807) is 24.5 Å². The van der Waals surface area contributed by atoms with Gasteiger partial charge in [0.05, 0.1) is 6.61 Å². The molecule has 3 atom stereocenters. The van der Waals surface area contributed by atoms with E-state index in [4.69, 9.17) is 0 Å². The number of rotatable bonds is 4. The summed E-state index contributed by atoms with van der Waals surface area (Å²) < 4.78 is 0. The number of pyridine rings is 1. The van der Waals surface area contributed by atoms with Gasteiger partial charge < -0.3 is 10.0 Å². The Labute approximate surface area is 195 Å². The van der Waals surface area contributed by atoms with Crippen molar-refractivity contribution in [3.63, 3.8) is 0 Å². The van der Waals surface area contributed by atoms with Crippen LogP contribution >= 0.6 is 0 Å². The summed E-state index contributed by atoms with van der Waals surface area (Å²) in [6, 6.07) is 21.2. The fourth-order valence-electron chi connectivity index (χ4n) is 5.52. The molecule has 0 spiro atoms. The molecule has 0 aliphatic carbocycles. The molecule has 5 nitrogen and oxygen atoms in total. The van der Waals surface area contributed by atoms with Crippen LogP contribution in [0.4, 0.5) is 0 Å². The van der Waals surface area contributed by atoms with Gasteiger partial charge in [-0.05, 0) is 55.1 Å². The molecule has 3 heterocycles. The van der Waals surface area contributed by atoms with Gasteiger partial charge in [-0.2, -0.15) is 0 Å². The summed E-state index contributed by atoms with van der Waals surface area (Å²) >= 11 is 0. The van der Waals surface area contributed by atoms with E-state index in [0.29, 0.717) is 12.1 Å². The second-order valence-corrected chi connectivity index (χ2v) is 9.27. The average Bonchev–Trinajstić information content (AvgIpc) is 2.83. The molecule has 0 radical (unpaired) electrons. The van der Waals surface area contributed by atoms with Gasteiger partial charge in [0.1, 0.15) is 0 Å². The first-order valence-corrected chi connectivity index (χ1v) is 11.9. The fourth-order valence-corrected chi connectivity index (χ4v) is 5.52. The quantitative estimate of drug-likeness (QED) is 0.662. The average molecular weight is 442 g/mol. The highest BCUT2D eigenvalue weighted by Gasteiger charge is 2.49. The zero-order valence-corrected chi connectivity index (χ0v) is 19.1. The van der Waals surface area contributed by atoms with Crippen LogP contribution < -0.4 is 0 Å². The van der Waals surface area contributed by atoms with Crippen molar-refractivity contribution >= 4 is 5.91 Å².